The molecule has 17 heavy (non-hydrogen) atoms. The molecule has 0 aliphatic rings. The quantitative estimate of drug-likeness (QED) is 0.410. The Kier molecular flexibility index (Phi) is 8.68. The standard InChI is InChI=1S/C13H20BrNO2/c1-5-8-11(13(16)17-7-3)12(15-4)9-10(14)6-2/h5,9,11H,1,6-8H2,2-4H3/b10-9+,15-12?. The first-order chi connectivity index (χ1) is 8.10. The summed E-state index contributed by atoms with van der Waals surface area (Å²) in [5.74, 6) is -0.614. The zero-order valence-electron chi connectivity index (χ0n) is 10.7. The molecule has 0 aromatic heterocycles. The van der Waals surface area contributed by atoms with Crippen molar-refractivity contribution in [2.75, 3.05) is 13.7 Å². The maximum absolute atomic E-state index is 11.8. The van der Waals surface area contributed by atoms with E-state index in [0.29, 0.717) is 13.0 Å². The summed E-state index contributed by atoms with van der Waals surface area (Å²) in [6, 6.07) is 0. The monoisotopic (exact) mass is 301 g/mol. The number of carbonyl (C=O) groups is 1. The van der Waals surface area contributed by atoms with Gasteiger partial charge in [0.15, 0.2) is 0 Å². The van der Waals surface area contributed by atoms with Crippen molar-refractivity contribution < 1.29 is 9.53 Å². The summed E-state index contributed by atoms with van der Waals surface area (Å²) in [5.41, 5.74) is 0.720. The first-order valence-corrected chi connectivity index (χ1v) is 6.50. The van der Waals surface area contributed by atoms with Gasteiger partial charge in [-0.15, -0.1) is 6.58 Å². The van der Waals surface area contributed by atoms with Gasteiger partial charge in [-0.1, -0.05) is 28.9 Å². The molecule has 0 aliphatic carbocycles. The van der Waals surface area contributed by atoms with Gasteiger partial charge in [0.05, 0.1) is 6.61 Å². The van der Waals surface area contributed by atoms with Crippen molar-refractivity contribution >= 4 is 27.6 Å². The zero-order chi connectivity index (χ0) is 13.3. The number of hydrogen-bond donors (Lipinski definition) is 0. The minimum atomic E-state index is -0.364. The minimum Gasteiger partial charge on any atom is -0.465 e. The van der Waals surface area contributed by atoms with E-state index in [0.717, 1.165) is 16.6 Å². The van der Waals surface area contributed by atoms with Gasteiger partial charge in [-0.25, -0.2) is 0 Å². The van der Waals surface area contributed by atoms with E-state index >= 15 is 0 Å². The van der Waals surface area contributed by atoms with Gasteiger partial charge in [-0.2, -0.15) is 0 Å². The molecular weight excluding hydrogens is 282 g/mol. The molecule has 0 amide bonds. The molecule has 0 bridgehead atoms. The van der Waals surface area contributed by atoms with E-state index in [2.05, 4.69) is 27.5 Å². The van der Waals surface area contributed by atoms with Gasteiger partial charge < -0.3 is 4.74 Å². The van der Waals surface area contributed by atoms with Gasteiger partial charge in [-0.05, 0) is 30.3 Å². The van der Waals surface area contributed by atoms with E-state index in [9.17, 15) is 4.79 Å². The van der Waals surface area contributed by atoms with Crippen LogP contribution in [0, 0.1) is 5.92 Å². The number of esters is 1. The Morgan fingerprint density at radius 1 is 1.53 bits per heavy atom. The minimum absolute atomic E-state index is 0.249. The lowest BCUT2D eigenvalue weighted by molar-refractivity contribution is -0.145. The second-order valence-electron chi connectivity index (χ2n) is 3.42. The van der Waals surface area contributed by atoms with Crippen LogP contribution in [0.2, 0.25) is 0 Å². The largest absolute Gasteiger partial charge is 0.465 e. The summed E-state index contributed by atoms with van der Waals surface area (Å²) in [4.78, 5) is 16.0. The molecule has 96 valence electrons. The van der Waals surface area contributed by atoms with E-state index in [-0.39, 0.29) is 11.9 Å². The van der Waals surface area contributed by atoms with Crippen LogP contribution in [0.4, 0.5) is 0 Å². The first kappa shape index (κ1) is 16.1. The van der Waals surface area contributed by atoms with Crippen LogP contribution in [0.25, 0.3) is 0 Å². The van der Waals surface area contributed by atoms with Crippen molar-refractivity contribution in [2.24, 2.45) is 10.9 Å². The van der Waals surface area contributed by atoms with Crippen LogP contribution in [-0.4, -0.2) is 25.3 Å². The molecular formula is C13H20BrNO2. The number of hydrogen-bond acceptors (Lipinski definition) is 3. The third kappa shape index (κ3) is 5.82. The average Bonchev–Trinajstić information content (AvgIpc) is 2.33. The Balaban J connectivity index is 5.00. The van der Waals surface area contributed by atoms with Crippen molar-refractivity contribution in [3.8, 4) is 0 Å². The number of aliphatic imine (C=N–C) groups is 1. The van der Waals surface area contributed by atoms with E-state index in [4.69, 9.17) is 4.74 Å². The van der Waals surface area contributed by atoms with Crippen LogP contribution < -0.4 is 0 Å². The fraction of sp³-hybridized carbons (Fsp3) is 0.538. The molecule has 0 radical (unpaired) electrons. The van der Waals surface area contributed by atoms with Gasteiger partial charge in [0, 0.05) is 12.8 Å². The maximum atomic E-state index is 11.8. The fourth-order valence-electron chi connectivity index (χ4n) is 1.33. The van der Waals surface area contributed by atoms with Gasteiger partial charge in [-0.3, -0.25) is 9.79 Å². The van der Waals surface area contributed by atoms with Crippen LogP contribution in [0.15, 0.2) is 28.2 Å². The number of nitrogens with zero attached hydrogens (tertiary/aromatic N) is 1. The molecule has 1 atom stereocenters. The van der Waals surface area contributed by atoms with Gasteiger partial charge in [0.1, 0.15) is 5.92 Å². The maximum Gasteiger partial charge on any atom is 0.315 e. The fourth-order valence-corrected chi connectivity index (χ4v) is 1.57. The third-order valence-corrected chi connectivity index (χ3v) is 3.02. The van der Waals surface area contributed by atoms with E-state index in [1.807, 2.05) is 13.0 Å². The lowest BCUT2D eigenvalue weighted by Gasteiger charge is -2.14. The van der Waals surface area contributed by atoms with Crippen molar-refractivity contribution in [3.63, 3.8) is 0 Å². The highest BCUT2D eigenvalue weighted by atomic mass is 79.9. The zero-order valence-corrected chi connectivity index (χ0v) is 12.3. The van der Waals surface area contributed by atoms with Crippen molar-refractivity contribution in [1.82, 2.24) is 0 Å². The van der Waals surface area contributed by atoms with Crippen LogP contribution in [-0.2, 0) is 9.53 Å². The first-order valence-electron chi connectivity index (χ1n) is 5.70. The normalized spacial score (nSPS) is 14.4. The Morgan fingerprint density at radius 3 is 2.59 bits per heavy atom. The predicted molar refractivity (Wildman–Crippen MR) is 75.6 cm³/mol. The van der Waals surface area contributed by atoms with Crippen LogP contribution in [0.3, 0.4) is 0 Å². The lowest BCUT2D eigenvalue weighted by Crippen LogP contribution is -2.25. The van der Waals surface area contributed by atoms with Crippen LogP contribution in [0.5, 0.6) is 0 Å². The SMILES string of the molecule is C=CCC(C(=O)OCC)C(/C=C(/Br)CC)=NC. The molecule has 0 aromatic rings. The average molecular weight is 302 g/mol. The molecule has 0 heterocycles. The van der Waals surface area contributed by atoms with Gasteiger partial charge in [0.25, 0.3) is 0 Å². The molecule has 0 saturated heterocycles. The number of rotatable bonds is 7. The van der Waals surface area contributed by atoms with Crippen molar-refractivity contribution in [3.05, 3.63) is 23.2 Å². The topological polar surface area (TPSA) is 38.7 Å². The highest BCUT2D eigenvalue weighted by Gasteiger charge is 2.22. The Bertz CT molecular complexity index is 321. The summed E-state index contributed by atoms with van der Waals surface area (Å²) in [5, 5.41) is 0. The number of halogens is 1. The highest BCUT2D eigenvalue weighted by Crippen LogP contribution is 2.16. The summed E-state index contributed by atoms with van der Waals surface area (Å²) in [7, 11) is 1.68. The molecule has 0 fully saturated rings. The summed E-state index contributed by atoms with van der Waals surface area (Å²) < 4.78 is 6.05. The van der Waals surface area contributed by atoms with Crippen LogP contribution in [0.1, 0.15) is 26.7 Å². The second kappa shape index (κ2) is 9.16. The predicted octanol–water partition coefficient (Wildman–Crippen LogP) is 3.50. The van der Waals surface area contributed by atoms with Crippen LogP contribution >= 0.6 is 15.9 Å². The summed E-state index contributed by atoms with van der Waals surface area (Å²) in [6.45, 7) is 7.86. The number of ether oxygens (including phenoxy) is 1. The summed E-state index contributed by atoms with van der Waals surface area (Å²) >= 11 is 3.43. The molecule has 0 saturated carbocycles. The van der Waals surface area contributed by atoms with Crippen molar-refractivity contribution in [2.45, 2.75) is 26.7 Å². The molecule has 4 heteroatoms. The third-order valence-electron chi connectivity index (χ3n) is 2.23. The molecule has 0 aromatic carbocycles. The van der Waals surface area contributed by atoms with Gasteiger partial charge in [0.2, 0.25) is 0 Å². The van der Waals surface area contributed by atoms with E-state index in [1.165, 1.54) is 0 Å². The molecule has 0 rings (SSSR count). The summed E-state index contributed by atoms with van der Waals surface area (Å²) in [6.07, 6.45) is 4.99. The lowest BCUT2D eigenvalue weighted by atomic mass is 9.98. The smallest absolute Gasteiger partial charge is 0.315 e. The number of carbonyl (C=O) groups excluding carboxylic acids is 1. The van der Waals surface area contributed by atoms with Gasteiger partial charge >= 0.3 is 5.97 Å². The molecule has 0 spiro atoms. The van der Waals surface area contributed by atoms with E-state index in [1.54, 1.807) is 20.0 Å². The van der Waals surface area contributed by atoms with Crippen molar-refractivity contribution in [1.29, 1.82) is 0 Å². The highest BCUT2D eigenvalue weighted by molar-refractivity contribution is 9.11. The molecule has 0 N–H and O–H groups in total. The second-order valence-corrected chi connectivity index (χ2v) is 4.44. The molecule has 0 aliphatic heterocycles. The Hall–Kier alpha value is -0.900. The Morgan fingerprint density at radius 2 is 2.18 bits per heavy atom. The molecule has 3 nitrogen and oxygen atoms in total. The Labute approximate surface area is 112 Å². The van der Waals surface area contributed by atoms with E-state index < -0.39 is 0 Å². The molecule has 1 unspecified atom stereocenters. The number of allylic oxidation sites excluding steroid dienone is 3.